The SMILES string of the molecule is CCc1c(NC(=O)c2cccc([N+](=O)[O-])c2OC)ccc(C(F)(C(F)(F)F)C(F)(F)C(F)(F)F)c1C. The molecule has 0 aliphatic heterocycles. The number of carbonyl (C=O) groups excluding carboxylic acids is 1. The standard InChI is InChI=1S/C21H17F9N2O4/c1-4-11-10(2)13(18(22,20(25,26)27)19(23,24)21(28,29)30)8-9-14(11)31-17(33)12-6-5-7-15(32(34)35)16(12)36-3/h5-9H,4H2,1-3H3,(H,31,33). The van der Waals surface area contributed by atoms with Crippen LogP contribution in [0.1, 0.15) is 34.0 Å². The molecule has 1 atom stereocenters. The number of ether oxygens (including phenoxy) is 1. The van der Waals surface area contributed by atoms with E-state index >= 15 is 0 Å². The zero-order chi connectivity index (χ0) is 27.9. The van der Waals surface area contributed by atoms with Crippen LogP contribution in [-0.4, -0.2) is 36.2 Å². The molecule has 1 amide bonds. The van der Waals surface area contributed by atoms with Crippen LogP contribution in [0.15, 0.2) is 30.3 Å². The van der Waals surface area contributed by atoms with E-state index in [0.29, 0.717) is 13.0 Å². The smallest absolute Gasteiger partial charge is 0.457 e. The van der Waals surface area contributed by atoms with E-state index in [-0.39, 0.29) is 23.7 Å². The van der Waals surface area contributed by atoms with Crippen molar-refractivity contribution in [2.24, 2.45) is 0 Å². The monoisotopic (exact) mass is 532 g/mol. The lowest BCUT2D eigenvalue weighted by atomic mass is 9.82. The summed E-state index contributed by atoms with van der Waals surface area (Å²) in [5.74, 6) is -8.41. The third kappa shape index (κ3) is 4.53. The number of amides is 1. The topological polar surface area (TPSA) is 81.5 Å². The van der Waals surface area contributed by atoms with Crippen LogP contribution in [0.5, 0.6) is 5.75 Å². The van der Waals surface area contributed by atoms with Crippen molar-refractivity contribution in [1.29, 1.82) is 0 Å². The number of hydrogen-bond donors (Lipinski definition) is 1. The first-order valence-electron chi connectivity index (χ1n) is 9.82. The zero-order valence-electron chi connectivity index (χ0n) is 18.6. The Kier molecular flexibility index (Phi) is 7.58. The van der Waals surface area contributed by atoms with Crippen LogP contribution in [0.25, 0.3) is 0 Å². The van der Waals surface area contributed by atoms with Gasteiger partial charge in [0.1, 0.15) is 0 Å². The van der Waals surface area contributed by atoms with E-state index in [2.05, 4.69) is 5.32 Å². The number of halogens is 9. The van der Waals surface area contributed by atoms with E-state index in [0.717, 1.165) is 25.3 Å². The molecule has 0 saturated heterocycles. The molecular weight excluding hydrogens is 515 g/mol. The van der Waals surface area contributed by atoms with Gasteiger partial charge in [-0.05, 0) is 36.6 Å². The van der Waals surface area contributed by atoms with Crippen molar-refractivity contribution in [2.45, 2.75) is 44.2 Å². The fourth-order valence-corrected chi connectivity index (χ4v) is 3.65. The molecule has 0 fully saturated rings. The number of alkyl halides is 9. The number of nitro benzene ring substituents is 1. The zero-order valence-corrected chi connectivity index (χ0v) is 18.6. The van der Waals surface area contributed by atoms with Gasteiger partial charge in [-0.25, -0.2) is 4.39 Å². The summed E-state index contributed by atoms with van der Waals surface area (Å²) in [6.07, 6.45) is -13.9. The van der Waals surface area contributed by atoms with Crippen LogP contribution in [-0.2, 0) is 12.1 Å². The fourth-order valence-electron chi connectivity index (χ4n) is 3.65. The highest BCUT2D eigenvalue weighted by atomic mass is 19.4. The Balaban J connectivity index is 2.68. The summed E-state index contributed by atoms with van der Waals surface area (Å²) in [7, 11) is 1.02. The second kappa shape index (κ2) is 9.50. The van der Waals surface area contributed by atoms with E-state index in [9.17, 15) is 54.4 Å². The number of rotatable bonds is 7. The largest absolute Gasteiger partial charge is 0.490 e. The highest BCUT2D eigenvalue weighted by Crippen LogP contribution is 2.59. The second-order valence-electron chi connectivity index (χ2n) is 7.42. The van der Waals surface area contributed by atoms with Crippen molar-refractivity contribution in [3.05, 3.63) is 62.7 Å². The Morgan fingerprint density at radius 1 is 1.00 bits per heavy atom. The van der Waals surface area contributed by atoms with Crippen LogP contribution < -0.4 is 10.1 Å². The second-order valence-corrected chi connectivity index (χ2v) is 7.42. The number of anilines is 1. The molecule has 0 saturated carbocycles. The number of carbonyl (C=O) groups is 1. The number of nitrogens with one attached hydrogen (secondary N) is 1. The van der Waals surface area contributed by atoms with Gasteiger partial charge in [0, 0.05) is 17.3 Å². The van der Waals surface area contributed by atoms with E-state index in [4.69, 9.17) is 4.74 Å². The van der Waals surface area contributed by atoms with Gasteiger partial charge < -0.3 is 10.1 Å². The van der Waals surface area contributed by atoms with Gasteiger partial charge in [-0.2, -0.15) is 35.1 Å². The molecule has 0 radical (unpaired) electrons. The van der Waals surface area contributed by atoms with E-state index in [1.54, 1.807) is 0 Å². The number of hydrogen-bond acceptors (Lipinski definition) is 4. The minimum Gasteiger partial charge on any atom is -0.490 e. The molecule has 6 nitrogen and oxygen atoms in total. The highest BCUT2D eigenvalue weighted by Gasteiger charge is 2.82. The predicted molar refractivity (Wildman–Crippen MR) is 108 cm³/mol. The minimum absolute atomic E-state index is 0.0714. The first kappa shape index (κ1) is 28.7. The molecule has 15 heteroatoms. The van der Waals surface area contributed by atoms with E-state index in [1.807, 2.05) is 0 Å². The molecule has 1 N–H and O–H groups in total. The maximum atomic E-state index is 15.0. The molecule has 0 spiro atoms. The van der Waals surface area contributed by atoms with Crippen molar-refractivity contribution in [1.82, 2.24) is 0 Å². The van der Waals surface area contributed by atoms with Gasteiger partial charge in [-0.15, -0.1) is 0 Å². The van der Waals surface area contributed by atoms with Gasteiger partial charge in [0.2, 0.25) is 5.75 Å². The molecule has 0 aromatic heterocycles. The molecule has 2 aromatic carbocycles. The summed E-state index contributed by atoms with van der Waals surface area (Å²) < 4.78 is 127. The molecule has 1 unspecified atom stereocenters. The molecule has 2 rings (SSSR count). The van der Waals surface area contributed by atoms with Crippen LogP contribution in [0, 0.1) is 17.0 Å². The van der Waals surface area contributed by atoms with Gasteiger partial charge >= 0.3 is 29.6 Å². The van der Waals surface area contributed by atoms with E-state index < -0.39 is 62.9 Å². The van der Waals surface area contributed by atoms with Gasteiger partial charge in [0.15, 0.2) is 0 Å². The van der Waals surface area contributed by atoms with E-state index in [1.165, 1.54) is 6.92 Å². The third-order valence-corrected chi connectivity index (χ3v) is 5.39. The average molecular weight is 532 g/mol. The number of nitrogens with zero attached hydrogens (tertiary/aromatic N) is 1. The summed E-state index contributed by atoms with van der Waals surface area (Å²) in [5.41, 5.74) is -10.8. The number of methoxy groups -OCH3 is 1. The van der Waals surface area contributed by atoms with Gasteiger partial charge in [-0.1, -0.05) is 19.1 Å². The number of nitro groups is 1. The normalized spacial score (nSPS) is 14.2. The first-order valence-corrected chi connectivity index (χ1v) is 9.82. The lowest BCUT2D eigenvalue weighted by Gasteiger charge is -2.37. The Hall–Kier alpha value is -3.52. The summed E-state index contributed by atoms with van der Waals surface area (Å²) >= 11 is 0. The van der Waals surface area contributed by atoms with Gasteiger partial charge in [-0.3, -0.25) is 14.9 Å². The quantitative estimate of drug-likeness (QED) is 0.246. The lowest BCUT2D eigenvalue weighted by Crippen LogP contribution is -2.60. The van der Waals surface area contributed by atoms with Crippen LogP contribution in [0.3, 0.4) is 0 Å². The molecule has 0 bridgehead atoms. The fraction of sp³-hybridized carbons (Fsp3) is 0.381. The van der Waals surface area contributed by atoms with Crippen LogP contribution in [0.4, 0.5) is 50.9 Å². The molecule has 2 aromatic rings. The molecule has 198 valence electrons. The Morgan fingerprint density at radius 2 is 1.58 bits per heavy atom. The number of benzene rings is 2. The maximum absolute atomic E-state index is 15.0. The molecule has 0 aliphatic rings. The molecule has 0 aliphatic carbocycles. The minimum atomic E-state index is -6.89. The van der Waals surface area contributed by atoms with Crippen molar-refractivity contribution in [2.75, 3.05) is 12.4 Å². The van der Waals surface area contributed by atoms with Gasteiger partial charge in [0.25, 0.3) is 5.91 Å². The summed E-state index contributed by atoms with van der Waals surface area (Å²) in [6, 6.07) is 3.86. The Bertz CT molecular complexity index is 1180. The highest BCUT2D eigenvalue weighted by molar-refractivity contribution is 6.07. The Labute approximate surface area is 197 Å². The van der Waals surface area contributed by atoms with Crippen molar-refractivity contribution >= 4 is 17.3 Å². The summed E-state index contributed by atoms with van der Waals surface area (Å²) in [6.45, 7) is 1.97. The molecule has 36 heavy (non-hydrogen) atoms. The van der Waals surface area contributed by atoms with Gasteiger partial charge in [0.05, 0.1) is 17.6 Å². The molecular formula is C21H17F9N2O4. The summed E-state index contributed by atoms with van der Waals surface area (Å²) in [5, 5.41) is 13.3. The lowest BCUT2D eigenvalue weighted by molar-refractivity contribution is -0.389. The predicted octanol–water partition coefficient (Wildman–Crippen LogP) is 6.65. The van der Waals surface area contributed by atoms with Crippen molar-refractivity contribution in [3.8, 4) is 5.75 Å². The first-order chi connectivity index (χ1) is 16.4. The molecule has 0 heterocycles. The Morgan fingerprint density at radius 3 is 2.03 bits per heavy atom. The van der Waals surface area contributed by atoms with Crippen molar-refractivity contribution in [3.63, 3.8) is 0 Å². The number of para-hydroxylation sites is 1. The third-order valence-electron chi connectivity index (χ3n) is 5.39. The van der Waals surface area contributed by atoms with Crippen molar-refractivity contribution < 1.29 is 54.0 Å². The van der Waals surface area contributed by atoms with Crippen LogP contribution >= 0.6 is 0 Å². The summed E-state index contributed by atoms with van der Waals surface area (Å²) in [4.78, 5) is 23.0. The average Bonchev–Trinajstić information content (AvgIpc) is 2.76. The maximum Gasteiger partial charge on any atom is 0.457 e. The van der Waals surface area contributed by atoms with Crippen LogP contribution in [0.2, 0.25) is 0 Å².